The van der Waals surface area contributed by atoms with Gasteiger partial charge < -0.3 is 4.74 Å². The fourth-order valence-corrected chi connectivity index (χ4v) is 1.41. The molecule has 1 rings (SSSR count). The molecule has 1 aromatic heterocycles. The standard InChI is InChI=1S/C7H9NO2S/c1-5(7(9)10-2)6-8-3-4-11-6/h3-5H,1-2H3/t5-/m0/s1. The Labute approximate surface area is 69.0 Å². The molecule has 0 saturated carbocycles. The summed E-state index contributed by atoms with van der Waals surface area (Å²) < 4.78 is 4.56. The summed E-state index contributed by atoms with van der Waals surface area (Å²) in [5.41, 5.74) is 0. The maximum Gasteiger partial charge on any atom is 0.315 e. The van der Waals surface area contributed by atoms with E-state index in [-0.39, 0.29) is 11.9 Å². The molecule has 0 aliphatic heterocycles. The van der Waals surface area contributed by atoms with Gasteiger partial charge in [0.25, 0.3) is 0 Å². The van der Waals surface area contributed by atoms with Crippen molar-refractivity contribution in [3.8, 4) is 0 Å². The molecule has 0 fully saturated rings. The normalized spacial score (nSPS) is 12.5. The molecule has 4 heteroatoms. The van der Waals surface area contributed by atoms with Crippen molar-refractivity contribution in [2.75, 3.05) is 7.11 Å². The minimum Gasteiger partial charge on any atom is -0.468 e. The highest BCUT2D eigenvalue weighted by atomic mass is 32.1. The topological polar surface area (TPSA) is 39.2 Å². The molecule has 1 aromatic rings. The Morgan fingerprint density at radius 2 is 2.55 bits per heavy atom. The second-order valence-electron chi connectivity index (χ2n) is 2.12. The van der Waals surface area contributed by atoms with Crippen LogP contribution in [0.3, 0.4) is 0 Å². The molecule has 1 atom stereocenters. The number of carbonyl (C=O) groups excluding carboxylic acids is 1. The molecule has 60 valence electrons. The molecule has 0 bridgehead atoms. The zero-order chi connectivity index (χ0) is 8.27. The molecule has 0 aliphatic rings. The van der Waals surface area contributed by atoms with E-state index in [1.165, 1.54) is 18.4 Å². The van der Waals surface area contributed by atoms with Gasteiger partial charge in [0.15, 0.2) is 0 Å². The van der Waals surface area contributed by atoms with E-state index in [9.17, 15) is 4.79 Å². The van der Waals surface area contributed by atoms with Gasteiger partial charge in [-0.1, -0.05) is 0 Å². The fraction of sp³-hybridized carbons (Fsp3) is 0.429. The van der Waals surface area contributed by atoms with Crippen LogP contribution in [0.15, 0.2) is 11.6 Å². The van der Waals surface area contributed by atoms with Gasteiger partial charge in [-0.2, -0.15) is 0 Å². The second-order valence-corrected chi connectivity index (χ2v) is 3.04. The van der Waals surface area contributed by atoms with Gasteiger partial charge in [-0.05, 0) is 6.92 Å². The van der Waals surface area contributed by atoms with E-state index >= 15 is 0 Å². The summed E-state index contributed by atoms with van der Waals surface area (Å²) in [6, 6.07) is 0. The highest BCUT2D eigenvalue weighted by Crippen LogP contribution is 2.18. The van der Waals surface area contributed by atoms with E-state index in [0.29, 0.717) is 0 Å². The van der Waals surface area contributed by atoms with Crippen molar-refractivity contribution < 1.29 is 9.53 Å². The minimum absolute atomic E-state index is 0.236. The van der Waals surface area contributed by atoms with Crippen LogP contribution in [0.1, 0.15) is 17.8 Å². The largest absolute Gasteiger partial charge is 0.468 e. The van der Waals surface area contributed by atoms with E-state index in [1.807, 2.05) is 5.38 Å². The SMILES string of the molecule is COC(=O)[C@@H](C)c1nccs1. The Morgan fingerprint density at radius 1 is 1.82 bits per heavy atom. The quantitative estimate of drug-likeness (QED) is 0.632. The molecular weight excluding hydrogens is 162 g/mol. The number of thiazole rings is 1. The molecule has 0 N–H and O–H groups in total. The zero-order valence-corrected chi connectivity index (χ0v) is 7.22. The van der Waals surface area contributed by atoms with Crippen LogP contribution in [0.4, 0.5) is 0 Å². The second kappa shape index (κ2) is 3.48. The van der Waals surface area contributed by atoms with Gasteiger partial charge in [0.2, 0.25) is 0 Å². The smallest absolute Gasteiger partial charge is 0.315 e. The predicted molar refractivity (Wildman–Crippen MR) is 42.5 cm³/mol. The summed E-state index contributed by atoms with van der Waals surface area (Å²) >= 11 is 1.46. The predicted octanol–water partition coefficient (Wildman–Crippen LogP) is 1.42. The molecule has 0 aromatic carbocycles. The third-order valence-corrected chi connectivity index (χ3v) is 2.33. The van der Waals surface area contributed by atoms with Crippen molar-refractivity contribution in [1.29, 1.82) is 0 Å². The average molecular weight is 171 g/mol. The van der Waals surface area contributed by atoms with Crippen molar-refractivity contribution in [3.05, 3.63) is 16.6 Å². The highest BCUT2D eigenvalue weighted by molar-refractivity contribution is 7.09. The molecule has 1 heterocycles. The Balaban J connectivity index is 2.70. The summed E-state index contributed by atoms with van der Waals surface area (Å²) in [6.45, 7) is 1.78. The lowest BCUT2D eigenvalue weighted by molar-refractivity contribution is -0.141. The first-order valence-electron chi connectivity index (χ1n) is 3.23. The molecule has 0 aliphatic carbocycles. The van der Waals surface area contributed by atoms with Gasteiger partial charge in [-0.3, -0.25) is 4.79 Å². The zero-order valence-electron chi connectivity index (χ0n) is 6.40. The molecule has 0 spiro atoms. The van der Waals surface area contributed by atoms with Crippen LogP contribution >= 0.6 is 11.3 Å². The van der Waals surface area contributed by atoms with Crippen molar-refractivity contribution >= 4 is 17.3 Å². The van der Waals surface area contributed by atoms with Crippen molar-refractivity contribution in [3.63, 3.8) is 0 Å². The van der Waals surface area contributed by atoms with Crippen LogP contribution < -0.4 is 0 Å². The monoisotopic (exact) mass is 171 g/mol. The van der Waals surface area contributed by atoms with Gasteiger partial charge in [-0.25, -0.2) is 4.98 Å². The van der Waals surface area contributed by atoms with E-state index in [0.717, 1.165) is 5.01 Å². The van der Waals surface area contributed by atoms with Crippen LogP contribution in [-0.4, -0.2) is 18.1 Å². The lowest BCUT2D eigenvalue weighted by Gasteiger charge is -2.03. The number of hydrogen-bond acceptors (Lipinski definition) is 4. The Hall–Kier alpha value is -0.900. The number of esters is 1. The van der Waals surface area contributed by atoms with Crippen LogP contribution in [0.5, 0.6) is 0 Å². The molecule has 11 heavy (non-hydrogen) atoms. The van der Waals surface area contributed by atoms with Crippen molar-refractivity contribution in [1.82, 2.24) is 4.98 Å². The first kappa shape index (κ1) is 8.20. The number of aromatic nitrogens is 1. The molecule has 0 amide bonds. The fourth-order valence-electron chi connectivity index (χ4n) is 0.726. The summed E-state index contributed by atoms with van der Waals surface area (Å²) in [5.74, 6) is -0.472. The first-order chi connectivity index (χ1) is 5.25. The third kappa shape index (κ3) is 1.77. The van der Waals surface area contributed by atoms with E-state index in [4.69, 9.17) is 0 Å². The Kier molecular flexibility index (Phi) is 2.59. The third-order valence-electron chi connectivity index (χ3n) is 1.38. The minimum atomic E-state index is -0.236. The highest BCUT2D eigenvalue weighted by Gasteiger charge is 2.17. The summed E-state index contributed by atoms with van der Waals surface area (Å²) in [4.78, 5) is 15.0. The van der Waals surface area contributed by atoms with E-state index < -0.39 is 0 Å². The summed E-state index contributed by atoms with van der Waals surface area (Å²) in [5, 5.41) is 2.64. The average Bonchev–Trinajstić information content (AvgIpc) is 2.53. The number of carbonyl (C=O) groups is 1. The van der Waals surface area contributed by atoms with Crippen molar-refractivity contribution in [2.24, 2.45) is 0 Å². The first-order valence-corrected chi connectivity index (χ1v) is 4.11. The maximum absolute atomic E-state index is 11.0. The Morgan fingerprint density at radius 3 is 3.00 bits per heavy atom. The van der Waals surface area contributed by atoms with Gasteiger partial charge in [0, 0.05) is 11.6 Å². The number of nitrogens with zero attached hydrogens (tertiary/aromatic N) is 1. The van der Waals surface area contributed by atoms with E-state index in [2.05, 4.69) is 9.72 Å². The van der Waals surface area contributed by atoms with Crippen LogP contribution in [0.2, 0.25) is 0 Å². The number of methoxy groups -OCH3 is 1. The lowest BCUT2D eigenvalue weighted by atomic mass is 10.2. The van der Waals surface area contributed by atoms with Crippen LogP contribution in [0, 0.1) is 0 Å². The maximum atomic E-state index is 11.0. The Bertz CT molecular complexity index is 233. The van der Waals surface area contributed by atoms with Gasteiger partial charge in [0.05, 0.1) is 7.11 Å². The molecule has 3 nitrogen and oxygen atoms in total. The van der Waals surface area contributed by atoms with Gasteiger partial charge in [-0.15, -0.1) is 11.3 Å². The lowest BCUT2D eigenvalue weighted by Crippen LogP contribution is -2.10. The molecular formula is C7H9NO2S. The molecule has 0 saturated heterocycles. The summed E-state index contributed by atoms with van der Waals surface area (Å²) in [6.07, 6.45) is 1.68. The van der Waals surface area contributed by atoms with Gasteiger partial charge in [0.1, 0.15) is 10.9 Å². The molecule has 0 unspecified atom stereocenters. The van der Waals surface area contributed by atoms with Crippen molar-refractivity contribution in [2.45, 2.75) is 12.8 Å². The van der Waals surface area contributed by atoms with Crippen LogP contribution in [0.25, 0.3) is 0 Å². The van der Waals surface area contributed by atoms with Crippen LogP contribution in [-0.2, 0) is 9.53 Å². The molecule has 0 radical (unpaired) electrons. The number of ether oxygens (including phenoxy) is 1. The number of hydrogen-bond donors (Lipinski definition) is 0. The summed E-state index contributed by atoms with van der Waals surface area (Å²) in [7, 11) is 1.38. The van der Waals surface area contributed by atoms with E-state index in [1.54, 1.807) is 13.1 Å². The number of rotatable bonds is 2. The van der Waals surface area contributed by atoms with Gasteiger partial charge >= 0.3 is 5.97 Å².